The normalized spacial score (nSPS) is 14.7. The molecule has 13 heteroatoms. The fourth-order valence-electron chi connectivity index (χ4n) is 4.20. The Kier molecular flexibility index (Phi) is 5.75. The largest absolute Gasteiger partial charge is 0.478 e. The van der Waals surface area contributed by atoms with E-state index in [0.717, 1.165) is 18.9 Å². The predicted octanol–water partition coefficient (Wildman–Crippen LogP) is 3.56. The first-order chi connectivity index (χ1) is 16.8. The van der Waals surface area contributed by atoms with Gasteiger partial charge in [-0.1, -0.05) is 5.10 Å². The summed E-state index contributed by atoms with van der Waals surface area (Å²) in [7, 11) is 0. The Morgan fingerprint density at radius 1 is 1.17 bits per heavy atom. The summed E-state index contributed by atoms with van der Waals surface area (Å²) in [5.41, 5.74) is 0.189. The fraction of sp³-hybridized carbons (Fsp3) is 0.364. The number of carboxylic acids is 1. The van der Waals surface area contributed by atoms with Crippen molar-refractivity contribution in [2.75, 3.05) is 23.3 Å². The van der Waals surface area contributed by atoms with Crippen molar-refractivity contribution < 1.29 is 18.7 Å². The van der Waals surface area contributed by atoms with E-state index in [2.05, 4.69) is 35.6 Å². The van der Waals surface area contributed by atoms with E-state index >= 15 is 4.39 Å². The van der Waals surface area contributed by atoms with Crippen molar-refractivity contribution in [3.8, 4) is 0 Å². The Hall–Kier alpha value is -4.16. The molecule has 0 radical (unpaired) electrons. The highest BCUT2D eigenvalue weighted by Crippen LogP contribution is 2.33. The second-order valence-corrected chi connectivity index (χ2v) is 8.65. The van der Waals surface area contributed by atoms with Crippen LogP contribution in [0, 0.1) is 11.6 Å². The summed E-state index contributed by atoms with van der Waals surface area (Å²) >= 11 is 0. The summed E-state index contributed by atoms with van der Waals surface area (Å²) in [6.45, 7) is 5.31. The van der Waals surface area contributed by atoms with Gasteiger partial charge in [-0.05, 0) is 50.1 Å². The van der Waals surface area contributed by atoms with Gasteiger partial charge in [0.15, 0.2) is 5.82 Å². The molecule has 0 spiro atoms. The topological polar surface area (TPSA) is 127 Å². The van der Waals surface area contributed by atoms with E-state index in [1.807, 2.05) is 13.8 Å². The Morgan fingerprint density at radius 2 is 1.94 bits per heavy atom. The minimum absolute atomic E-state index is 0.00673. The van der Waals surface area contributed by atoms with Crippen molar-refractivity contribution in [3.63, 3.8) is 0 Å². The van der Waals surface area contributed by atoms with Crippen molar-refractivity contribution in [2.45, 2.75) is 38.8 Å². The smallest absolute Gasteiger partial charge is 0.335 e. The Labute approximate surface area is 198 Å². The third kappa shape index (κ3) is 4.24. The number of carbonyl (C=O) groups is 1. The molecule has 1 fully saturated rings. The predicted molar refractivity (Wildman–Crippen MR) is 123 cm³/mol. The average molecular weight is 483 g/mol. The van der Waals surface area contributed by atoms with E-state index in [1.54, 1.807) is 9.36 Å². The van der Waals surface area contributed by atoms with Crippen LogP contribution in [0.15, 0.2) is 30.7 Å². The van der Waals surface area contributed by atoms with Gasteiger partial charge in [-0.2, -0.15) is 4.80 Å². The summed E-state index contributed by atoms with van der Waals surface area (Å²) in [5.74, 6) is -1.89. The van der Waals surface area contributed by atoms with E-state index in [4.69, 9.17) is 5.11 Å². The molecule has 1 aliphatic rings. The van der Waals surface area contributed by atoms with E-state index in [-0.39, 0.29) is 34.5 Å². The molecule has 4 heterocycles. The van der Waals surface area contributed by atoms with Crippen molar-refractivity contribution in [2.24, 2.45) is 0 Å². The summed E-state index contributed by atoms with van der Waals surface area (Å²) in [5, 5.41) is 24.6. The zero-order valence-electron chi connectivity index (χ0n) is 19.1. The minimum Gasteiger partial charge on any atom is -0.478 e. The Balaban J connectivity index is 1.37. The Bertz CT molecular complexity index is 1390. The number of rotatable bonds is 6. The van der Waals surface area contributed by atoms with Gasteiger partial charge in [0.05, 0.1) is 22.7 Å². The minimum atomic E-state index is -1.24. The van der Waals surface area contributed by atoms with Crippen molar-refractivity contribution in [1.29, 1.82) is 0 Å². The van der Waals surface area contributed by atoms with Gasteiger partial charge in [0, 0.05) is 25.3 Å². The second kappa shape index (κ2) is 8.89. The maximum absolute atomic E-state index is 15.1. The first-order valence-corrected chi connectivity index (χ1v) is 11.2. The summed E-state index contributed by atoms with van der Waals surface area (Å²) in [6.07, 6.45) is 4.12. The molecule has 2 N–H and O–H groups in total. The van der Waals surface area contributed by atoms with E-state index in [1.165, 1.54) is 24.7 Å². The van der Waals surface area contributed by atoms with Crippen LogP contribution < -0.4 is 10.2 Å². The molecule has 11 nitrogen and oxygen atoms in total. The SMILES string of the molecule is CC(C)n1nnc(N2CCC(n3cc(F)c4c(Nc5ccc(C(=O)O)cc5F)ncnc43)CC2)n1. The van der Waals surface area contributed by atoms with Crippen LogP contribution in [-0.2, 0) is 0 Å². The number of nitrogens with zero attached hydrogens (tertiary/aromatic N) is 8. The summed E-state index contributed by atoms with van der Waals surface area (Å²) in [4.78, 5) is 23.1. The number of hydrogen-bond donors (Lipinski definition) is 2. The van der Waals surface area contributed by atoms with Gasteiger partial charge in [-0.3, -0.25) is 0 Å². The molecule has 35 heavy (non-hydrogen) atoms. The summed E-state index contributed by atoms with van der Waals surface area (Å²) < 4.78 is 31.3. The second-order valence-electron chi connectivity index (χ2n) is 8.65. The molecule has 1 saturated heterocycles. The number of anilines is 3. The van der Waals surface area contributed by atoms with Gasteiger partial charge in [0.2, 0.25) is 0 Å². The van der Waals surface area contributed by atoms with Crippen LogP contribution in [-0.4, -0.2) is 58.9 Å². The molecule has 4 aromatic rings. The van der Waals surface area contributed by atoms with Crippen LogP contribution in [0.3, 0.4) is 0 Å². The fourth-order valence-corrected chi connectivity index (χ4v) is 4.20. The van der Waals surface area contributed by atoms with Crippen LogP contribution in [0.4, 0.5) is 26.2 Å². The lowest BCUT2D eigenvalue weighted by molar-refractivity contribution is 0.0696. The van der Waals surface area contributed by atoms with Gasteiger partial charge < -0.3 is 19.9 Å². The third-order valence-corrected chi connectivity index (χ3v) is 6.05. The molecule has 0 amide bonds. The highest BCUT2D eigenvalue weighted by molar-refractivity contribution is 5.91. The molecule has 3 aromatic heterocycles. The monoisotopic (exact) mass is 483 g/mol. The molecular formula is C22H23F2N9O2. The van der Waals surface area contributed by atoms with Crippen LogP contribution in [0.25, 0.3) is 11.0 Å². The van der Waals surface area contributed by atoms with Crippen molar-refractivity contribution in [1.82, 2.24) is 34.7 Å². The quantitative estimate of drug-likeness (QED) is 0.423. The molecule has 0 saturated carbocycles. The molecular weight excluding hydrogens is 460 g/mol. The number of halogens is 2. The molecule has 1 aromatic carbocycles. The Morgan fingerprint density at radius 3 is 2.60 bits per heavy atom. The first kappa shape index (κ1) is 22.6. The number of aromatic nitrogens is 7. The molecule has 5 rings (SSSR count). The standard InChI is InChI=1S/C22H23F2N9O2/c1-12(2)33-29-22(28-30-33)31-7-5-14(6-8-31)32-10-16(24)18-19(25-11-26-20(18)32)27-17-4-3-13(21(34)35)9-15(17)23/h3-4,9-12,14H,5-8H2,1-2H3,(H,34,35)(H,25,26,27). The number of benzene rings is 1. The maximum atomic E-state index is 15.1. The number of piperidine rings is 1. The van der Waals surface area contributed by atoms with Crippen molar-refractivity contribution in [3.05, 3.63) is 47.9 Å². The highest BCUT2D eigenvalue weighted by atomic mass is 19.1. The van der Waals surface area contributed by atoms with Gasteiger partial charge in [0.1, 0.15) is 23.6 Å². The lowest BCUT2D eigenvalue weighted by Gasteiger charge is -2.31. The number of nitrogens with one attached hydrogen (secondary N) is 1. The summed E-state index contributed by atoms with van der Waals surface area (Å²) in [6, 6.07) is 3.55. The molecule has 0 aliphatic carbocycles. The number of fused-ring (bicyclic) bond motifs is 1. The number of hydrogen-bond acceptors (Lipinski definition) is 8. The molecule has 0 unspecified atom stereocenters. The lowest BCUT2D eigenvalue weighted by Crippen LogP contribution is -2.35. The highest BCUT2D eigenvalue weighted by Gasteiger charge is 2.27. The van der Waals surface area contributed by atoms with E-state index in [9.17, 15) is 9.18 Å². The van der Waals surface area contributed by atoms with E-state index < -0.39 is 17.6 Å². The zero-order chi connectivity index (χ0) is 24.7. The van der Waals surface area contributed by atoms with Gasteiger partial charge in [-0.25, -0.2) is 23.5 Å². The van der Waals surface area contributed by atoms with Crippen LogP contribution >= 0.6 is 0 Å². The third-order valence-electron chi connectivity index (χ3n) is 6.05. The number of carboxylic acid groups (broad SMARTS) is 1. The molecule has 0 bridgehead atoms. The first-order valence-electron chi connectivity index (χ1n) is 11.2. The molecule has 182 valence electrons. The van der Waals surface area contributed by atoms with Gasteiger partial charge in [-0.15, -0.1) is 5.10 Å². The average Bonchev–Trinajstić information content (AvgIpc) is 3.46. The number of tetrazole rings is 1. The van der Waals surface area contributed by atoms with Gasteiger partial charge >= 0.3 is 5.97 Å². The van der Waals surface area contributed by atoms with E-state index in [0.29, 0.717) is 24.7 Å². The molecule has 0 atom stereocenters. The lowest BCUT2D eigenvalue weighted by atomic mass is 10.1. The van der Waals surface area contributed by atoms with Crippen LogP contribution in [0.5, 0.6) is 0 Å². The number of aromatic carboxylic acids is 1. The molecule has 1 aliphatic heterocycles. The van der Waals surface area contributed by atoms with Crippen LogP contribution in [0.2, 0.25) is 0 Å². The zero-order valence-corrected chi connectivity index (χ0v) is 19.1. The maximum Gasteiger partial charge on any atom is 0.335 e. The van der Waals surface area contributed by atoms with Gasteiger partial charge in [0.25, 0.3) is 5.95 Å². The van der Waals surface area contributed by atoms with Crippen molar-refractivity contribution >= 4 is 34.5 Å². The van der Waals surface area contributed by atoms with Crippen LogP contribution in [0.1, 0.15) is 49.1 Å².